The van der Waals surface area contributed by atoms with E-state index in [1.54, 1.807) is 41.5 Å². The van der Waals surface area contributed by atoms with E-state index in [4.69, 9.17) is 9.47 Å². The zero-order chi connectivity index (χ0) is 21.5. The van der Waals surface area contributed by atoms with Gasteiger partial charge in [-0.1, -0.05) is 30.3 Å². The maximum absolute atomic E-state index is 12.6. The van der Waals surface area contributed by atoms with Crippen LogP contribution in [0.2, 0.25) is 0 Å². The van der Waals surface area contributed by atoms with Crippen molar-refractivity contribution in [1.29, 1.82) is 0 Å². The van der Waals surface area contributed by atoms with E-state index in [9.17, 15) is 19.5 Å². The van der Waals surface area contributed by atoms with Crippen LogP contribution in [0.15, 0.2) is 30.3 Å². The molecule has 0 radical (unpaired) electrons. The molecule has 1 unspecified atom stereocenters. The van der Waals surface area contributed by atoms with Crippen LogP contribution in [0, 0.1) is 11.8 Å². The van der Waals surface area contributed by atoms with Crippen molar-refractivity contribution in [3.63, 3.8) is 0 Å². The molecule has 0 fully saturated rings. The molecule has 0 aromatic heterocycles. The molecule has 0 aliphatic carbocycles. The van der Waals surface area contributed by atoms with Gasteiger partial charge in [0.1, 0.15) is 11.2 Å². The zero-order valence-corrected chi connectivity index (χ0v) is 17.7. The lowest BCUT2D eigenvalue weighted by Gasteiger charge is -2.26. The molecular weight excluding hydrogens is 360 g/mol. The fourth-order valence-corrected chi connectivity index (χ4v) is 2.66. The van der Waals surface area contributed by atoms with Crippen LogP contribution in [0.4, 0.5) is 0 Å². The van der Waals surface area contributed by atoms with E-state index in [2.05, 4.69) is 0 Å². The quantitative estimate of drug-likeness (QED) is 0.531. The summed E-state index contributed by atoms with van der Waals surface area (Å²) in [6.45, 7) is 10.3. The summed E-state index contributed by atoms with van der Waals surface area (Å²) in [5.74, 6) is -4.21. The average Bonchev–Trinajstić information content (AvgIpc) is 2.51. The molecule has 6 nitrogen and oxygen atoms in total. The SMILES string of the molecule is CC(C)(C)OC(=O)C(CCC(Cc1ccccc1)C(=O)O)C(=O)OC(C)(C)C. The summed E-state index contributed by atoms with van der Waals surface area (Å²) in [7, 11) is 0. The van der Waals surface area contributed by atoms with Gasteiger partial charge in [0.25, 0.3) is 0 Å². The molecule has 0 spiro atoms. The van der Waals surface area contributed by atoms with E-state index >= 15 is 0 Å². The standard InChI is InChI=1S/C22H32O6/c1-21(2,3)27-19(25)17(20(26)28-22(4,5)6)13-12-16(18(23)24)14-15-10-8-7-9-11-15/h7-11,16-17H,12-14H2,1-6H3,(H,23,24). The number of rotatable bonds is 8. The molecule has 1 N–H and O–H groups in total. The molecule has 0 saturated heterocycles. The van der Waals surface area contributed by atoms with Crippen molar-refractivity contribution >= 4 is 17.9 Å². The molecule has 0 saturated carbocycles. The van der Waals surface area contributed by atoms with Crippen LogP contribution in [0.25, 0.3) is 0 Å². The van der Waals surface area contributed by atoms with Gasteiger partial charge in [0.2, 0.25) is 0 Å². The summed E-state index contributed by atoms with van der Waals surface area (Å²) in [4.78, 5) is 36.8. The third kappa shape index (κ3) is 9.02. The second-order valence-corrected chi connectivity index (χ2v) is 8.92. The molecule has 0 aliphatic rings. The Labute approximate surface area is 167 Å². The van der Waals surface area contributed by atoms with Crippen LogP contribution in [0.3, 0.4) is 0 Å². The minimum Gasteiger partial charge on any atom is -0.481 e. The molecule has 6 heteroatoms. The van der Waals surface area contributed by atoms with Gasteiger partial charge in [-0.25, -0.2) is 0 Å². The lowest BCUT2D eigenvalue weighted by molar-refractivity contribution is -0.175. The number of carbonyl (C=O) groups is 3. The van der Waals surface area contributed by atoms with Crippen LogP contribution in [0.5, 0.6) is 0 Å². The molecule has 0 aliphatic heterocycles. The van der Waals surface area contributed by atoms with Crippen LogP contribution in [-0.4, -0.2) is 34.2 Å². The first kappa shape index (κ1) is 23.7. The lowest BCUT2D eigenvalue weighted by Crippen LogP contribution is -2.37. The topological polar surface area (TPSA) is 89.9 Å². The highest BCUT2D eigenvalue weighted by molar-refractivity contribution is 5.95. The van der Waals surface area contributed by atoms with Crippen molar-refractivity contribution in [2.45, 2.75) is 72.0 Å². The van der Waals surface area contributed by atoms with Gasteiger partial charge >= 0.3 is 17.9 Å². The van der Waals surface area contributed by atoms with E-state index in [-0.39, 0.29) is 12.8 Å². The maximum Gasteiger partial charge on any atom is 0.320 e. The van der Waals surface area contributed by atoms with E-state index in [1.165, 1.54) is 0 Å². The first-order chi connectivity index (χ1) is 12.8. The molecular formula is C22H32O6. The Morgan fingerprint density at radius 2 is 1.32 bits per heavy atom. The van der Waals surface area contributed by atoms with Gasteiger partial charge in [-0.15, -0.1) is 0 Å². The molecule has 1 atom stereocenters. The van der Waals surface area contributed by atoms with Gasteiger partial charge in [0.05, 0.1) is 5.92 Å². The lowest BCUT2D eigenvalue weighted by atomic mass is 9.90. The minimum absolute atomic E-state index is 0.0492. The van der Waals surface area contributed by atoms with Crippen molar-refractivity contribution < 1.29 is 29.0 Å². The number of carbonyl (C=O) groups excluding carboxylic acids is 2. The maximum atomic E-state index is 12.6. The Bertz CT molecular complexity index is 639. The Balaban J connectivity index is 2.91. The van der Waals surface area contributed by atoms with Gasteiger partial charge in [0.15, 0.2) is 5.92 Å². The summed E-state index contributed by atoms with van der Waals surface area (Å²) in [6.07, 6.45) is 0.534. The Morgan fingerprint density at radius 1 is 0.857 bits per heavy atom. The molecule has 0 amide bonds. The summed E-state index contributed by atoms with van der Waals surface area (Å²) >= 11 is 0. The second kappa shape index (κ2) is 9.71. The van der Waals surface area contributed by atoms with Gasteiger partial charge in [0, 0.05) is 0 Å². The highest BCUT2D eigenvalue weighted by Gasteiger charge is 2.35. The van der Waals surface area contributed by atoms with Crippen LogP contribution in [0.1, 0.15) is 59.9 Å². The fourth-order valence-electron chi connectivity index (χ4n) is 2.66. The number of ether oxygens (including phenoxy) is 2. The summed E-state index contributed by atoms with van der Waals surface area (Å²) in [6, 6.07) is 9.27. The third-order valence-electron chi connectivity index (χ3n) is 3.86. The van der Waals surface area contributed by atoms with E-state index < -0.39 is 40.9 Å². The largest absolute Gasteiger partial charge is 0.481 e. The number of hydrogen-bond donors (Lipinski definition) is 1. The number of benzene rings is 1. The summed E-state index contributed by atoms with van der Waals surface area (Å²) in [5, 5.41) is 9.57. The third-order valence-corrected chi connectivity index (χ3v) is 3.86. The van der Waals surface area contributed by atoms with Gasteiger partial charge in [-0.3, -0.25) is 14.4 Å². The van der Waals surface area contributed by atoms with Crippen LogP contribution < -0.4 is 0 Å². The first-order valence-electron chi connectivity index (χ1n) is 9.51. The van der Waals surface area contributed by atoms with Gasteiger partial charge in [-0.2, -0.15) is 0 Å². The second-order valence-electron chi connectivity index (χ2n) is 8.92. The number of carboxylic acid groups (broad SMARTS) is 1. The summed E-state index contributed by atoms with van der Waals surface area (Å²) < 4.78 is 10.7. The monoisotopic (exact) mass is 392 g/mol. The predicted octanol–water partition coefficient (Wildman–Crippen LogP) is 4.01. The first-order valence-corrected chi connectivity index (χ1v) is 9.51. The predicted molar refractivity (Wildman–Crippen MR) is 106 cm³/mol. The molecule has 1 aromatic carbocycles. The zero-order valence-electron chi connectivity index (χ0n) is 17.7. The van der Waals surface area contributed by atoms with Crippen LogP contribution >= 0.6 is 0 Å². The normalized spacial score (nSPS) is 13.1. The minimum atomic E-state index is -1.16. The highest BCUT2D eigenvalue weighted by atomic mass is 16.6. The molecule has 0 bridgehead atoms. The summed E-state index contributed by atoms with van der Waals surface area (Å²) in [5.41, 5.74) is -0.623. The van der Waals surface area contributed by atoms with Crippen LogP contribution in [-0.2, 0) is 30.3 Å². The van der Waals surface area contributed by atoms with Crippen molar-refractivity contribution in [3.8, 4) is 0 Å². The van der Waals surface area contributed by atoms with Gasteiger partial charge in [-0.05, 0) is 66.4 Å². The van der Waals surface area contributed by atoms with Crippen molar-refractivity contribution in [2.24, 2.45) is 11.8 Å². The van der Waals surface area contributed by atoms with Crippen molar-refractivity contribution in [3.05, 3.63) is 35.9 Å². The Morgan fingerprint density at radius 3 is 1.71 bits per heavy atom. The van der Waals surface area contributed by atoms with Crippen molar-refractivity contribution in [1.82, 2.24) is 0 Å². The molecule has 0 heterocycles. The molecule has 1 aromatic rings. The smallest absolute Gasteiger partial charge is 0.320 e. The van der Waals surface area contributed by atoms with E-state index in [0.717, 1.165) is 5.56 Å². The van der Waals surface area contributed by atoms with E-state index in [1.807, 2.05) is 30.3 Å². The molecule has 28 heavy (non-hydrogen) atoms. The fraction of sp³-hybridized carbons (Fsp3) is 0.591. The molecule has 156 valence electrons. The van der Waals surface area contributed by atoms with Gasteiger partial charge < -0.3 is 14.6 Å². The Kier molecular flexibility index (Phi) is 8.21. The number of esters is 2. The number of carboxylic acids is 1. The van der Waals surface area contributed by atoms with E-state index in [0.29, 0.717) is 6.42 Å². The number of aliphatic carboxylic acids is 1. The molecule has 1 rings (SSSR count). The average molecular weight is 392 g/mol. The van der Waals surface area contributed by atoms with Crippen molar-refractivity contribution in [2.75, 3.05) is 0 Å². The number of hydrogen-bond acceptors (Lipinski definition) is 5. The Hall–Kier alpha value is -2.37. The highest BCUT2D eigenvalue weighted by Crippen LogP contribution is 2.23.